The van der Waals surface area contributed by atoms with Gasteiger partial charge in [0.05, 0.1) is 19.7 Å². The van der Waals surface area contributed by atoms with Gasteiger partial charge in [-0.1, -0.05) is 0 Å². The van der Waals surface area contributed by atoms with E-state index in [1.54, 1.807) is 20.4 Å². The fourth-order valence-corrected chi connectivity index (χ4v) is 2.73. The molecule has 3 rings (SSSR count). The van der Waals surface area contributed by atoms with Crippen LogP contribution in [0.5, 0.6) is 11.5 Å². The van der Waals surface area contributed by atoms with E-state index >= 15 is 0 Å². The van der Waals surface area contributed by atoms with Gasteiger partial charge in [0.2, 0.25) is 0 Å². The van der Waals surface area contributed by atoms with Crippen LogP contribution in [0.2, 0.25) is 0 Å². The molecule has 0 aliphatic carbocycles. The molecular formula is C16H18N2O3. The zero-order valence-corrected chi connectivity index (χ0v) is 12.3. The molecule has 0 unspecified atom stereocenters. The molecule has 1 aromatic heterocycles. The minimum atomic E-state index is 0.337. The Morgan fingerprint density at radius 2 is 1.76 bits per heavy atom. The minimum Gasteiger partial charge on any atom is -0.493 e. The van der Waals surface area contributed by atoms with Crippen LogP contribution in [-0.4, -0.2) is 38.1 Å². The highest BCUT2D eigenvalue weighted by molar-refractivity contribution is 5.94. The zero-order valence-electron chi connectivity index (χ0n) is 12.3. The molecule has 0 saturated carbocycles. The summed E-state index contributed by atoms with van der Waals surface area (Å²) in [5.41, 5.74) is 1.95. The van der Waals surface area contributed by atoms with Crippen LogP contribution in [0.15, 0.2) is 24.4 Å². The third kappa shape index (κ3) is 2.51. The molecule has 1 aliphatic heterocycles. The number of aromatic nitrogens is 1. The summed E-state index contributed by atoms with van der Waals surface area (Å²) in [5.74, 6) is 1.69. The molecule has 5 heteroatoms. The predicted octanol–water partition coefficient (Wildman–Crippen LogP) is 2.42. The van der Waals surface area contributed by atoms with Gasteiger partial charge in [-0.2, -0.15) is 0 Å². The maximum absolute atomic E-state index is 11.4. The average Bonchev–Trinajstić information content (AvgIpc) is 2.53. The summed E-state index contributed by atoms with van der Waals surface area (Å²) in [5, 5.41) is 1.02. The summed E-state index contributed by atoms with van der Waals surface area (Å²) >= 11 is 0. The molecule has 0 N–H and O–H groups in total. The van der Waals surface area contributed by atoms with E-state index in [2.05, 4.69) is 9.88 Å². The van der Waals surface area contributed by atoms with Gasteiger partial charge in [-0.3, -0.25) is 9.78 Å². The lowest BCUT2D eigenvalue weighted by molar-refractivity contribution is -0.119. The van der Waals surface area contributed by atoms with Crippen molar-refractivity contribution in [3.05, 3.63) is 24.4 Å². The maximum Gasteiger partial charge on any atom is 0.162 e. The van der Waals surface area contributed by atoms with E-state index in [9.17, 15) is 4.79 Å². The Bertz CT molecular complexity index is 675. The molecule has 1 fully saturated rings. The number of benzene rings is 1. The standard InChI is InChI=1S/C16H18N2O3/c1-20-15-9-12-13(10-16(15)21-2)17-6-3-14(12)18-7-4-11(19)5-8-18/h3,6,9-10H,4-5,7-8H2,1-2H3. The summed E-state index contributed by atoms with van der Waals surface area (Å²) in [7, 11) is 3.24. The fourth-order valence-electron chi connectivity index (χ4n) is 2.73. The number of anilines is 1. The molecule has 0 spiro atoms. The third-order valence-corrected chi connectivity index (χ3v) is 3.89. The number of carbonyl (C=O) groups excluding carboxylic acids is 1. The highest BCUT2D eigenvalue weighted by Crippen LogP contribution is 2.36. The van der Waals surface area contributed by atoms with Crippen molar-refractivity contribution in [2.45, 2.75) is 12.8 Å². The van der Waals surface area contributed by atoms with Gasteiger partial charge in [-0.05, 0) is 12.1 Å². The number of pyridine rings is 1. The largest absolute Gasteiger partial charge is 0.493 e. The summed E-state index contributed by atoms with van der Waals surface area (Å²) in [4.78, 5) is 18.1. The Labute approximate surface area is 123 Å². The Balaban J connectivity index is 2.08. The van der Waals surface area contributed by atoms with Crippen molar-refractivity contribution >= 4 is 22.4 Å². The molecule has 0 radical (unpaired) electrons. The third-order valence-electron chi connectivity index (χ3n) is 3.89. The molecule has 2 aromatic rings. The van der Waals surface area contributed by atoms with Gasteiger partial charge in [-0.25, -0.2) is 0 Å². The molecule has 0 atom stereocenters. The second-order valence-corrected chi connectivity index (χ2v) is 5.08. The number of rotatable bonds is 3. The van der Waals surface area contributed by atoms with E-state index in [4.69, 9.17) is 9.47 Å². The number of ether oxygens (including phenoxy) is 2. The summed E-state index contributed by atoms with van der Waals surface area (Å²) in [6, 6.07) is 5.82. The van der Waals surface area contributed by atoms with Crippen molar-refractivity contribution in [1.29, 1.82) is 0 Å². The van der Waals surface area contributed by atoms with E-state index in [1.807, 2.05) is 18.2 Å². The SMILES string of the molecule is COc1cc2nccc(N3CCC(=O)CC3)c2cc1OC. The first kappa shape index (κ1) is 13.7. The van der Waals surface area contributed by atoms with Crippen molar-refractivity contribution < 1.29 is 14.3 Å². The quantitative estimate of drug-likeness (QED) is 0.867. The molecule has 1 aromatic carbocycles. The first-order chi connectivity index (χ1) is 10.2. The number of Topliss-reactive ketones (excluding diaryl/α,β-unsaturated/α-hetero) is 1. The lowest BCUT2D eigenvalue weighted by Gasteiger charge is -2.29. The van der Waals surface area contributed by atoms with Crippen LogP contribution >= 0.6 is 0 Å². The minimum absolute atomic E-state index is 0.337. The van der Waals surface area contributed by atoms with E-state index in [1.165, 1.54) is 0 Å². The van der Waals surface area contributed by atoms with Crippen molar-refractivity contribution in [1.82, 2.24) is 4.98 Å². The smallest absolute Gasteiger partial charge is 0.162 e. The molecule has 0 bridgehead atoms. The van der Waals surface area contributed by atoms with Crippen molar-refractivity contribution in [2.75, 3.05) is 32.2 Å². The Morgan fingerprint density at radius 3 is 2.43 bits per heavy atom. The van der Waals surface area contributed by atoms with Crippen LogP contribution in [-0.2, 0) is 4.79 Å². The van der Waals surface area contributed by atoms with Gasteiger partial charge in [0, 0.05) is 49.3 Å². The zero-order chi connectivity index (χ0) is 14.8. The fraction of sp³-hybridized carbons (Fsp3) is 0.375. The van der Waals surface area contributed by atoms with Crippen molar-refractivity contribution in [3.63, 3.8) is 0 Å². The van der Waals surface area contributed by atoms with Crippen LogP contribution in [0.25, 0.3) is 10.9 Å². The Kier molecular flexibility index (Phi) is 3.64. The van der Waals surface area contributed by atoms with Crippen molar-refractivity contribution in [2.24, 2.45) is 0 Å². The van der Waals surface area contributed by atoms with Gasteiger partial charge in [0.1, 0.15) is 5.78 Å². The van der Waals surface area contributed by atoms with Crippen LogP contribution in [0.1, 0.15) is 12.8 Å². The second-order valence-electron chi connectivity index (χ2n) is 5.08. The number of piperidine rings is 1. The number of hydrogen-bond donors (Lipinski definition) is 0. The second kappa shape index (κ2) is 5.60. The first-order valence-corrected chi connectivity index (χ1v) is 7.00. The molecule has 2 heterocycles. The van der Waals surface area contributed by atoms with E-state index < -0.39 is 0 Å². The van der Waals surface area contributed by atoms with E-state index in [-0.39, 0.29) is 0 Å². The number of fused-ring (bicyclic) bond motifs is 1. The molecule has 1 saturated heterocycles. The number of methoxy groups -OCH3 is 2. The normalized spacial score (nSPS) is 15.3. The van der Waals surface area contributed by atoms with Gasteiger partial charge in [0.25, 0.3) is 0 Å². The molecule has 110 valence electrons. The highest BCUT2D eigenvalue weighted by Gasteiger charge is 2.19. The van der Waals surface area contributed by atoms with Crippen molar-refractivity contribution in [3.8, 4) is 11.5 Å². The van der Waals surface area contributed by atoms with Gasteiger partial charge in [0.15, 0.2) is 11.5 Å². The van der Waals surface area contributed by atoms with Crippen LogP contribution in [0, 0.1) is 0 Å². The van der Waals surface area contributed by atoms with Gasteiger partial charge in [-0.15, -0.1) is 0 Å². The number of carbonyl (C=O) groups is 1. The van der Waals surface area contributed by atoms with Crippen LogP contribution < -0.4 is 14.4 Å². The lowest BCUT2D eigenvalue weighted by Crippen LogP contribution is -2.33. The first-order valence-electron chi connectivity index (χ1n) is 7.00. The van der Waals surface area contributed by atoms with Gasteiger partial charge < -0.3 is 14.4 Å². The molecule has 0 amide bonds. The number of nitrogens with zero attached hydrogens (tertiary/aromatic N) is 2. The van der Waals surface area contributed by atoms with Crippen LogP contribution in [0.3, 0.4) is 0 Å². The highest BCUT2D eigenvalue weighted by atomic mass is 16.5. The Morgan fingerprint density at radius 1 is 1.10 bits per heavy atom. The predicted molar refractivity (Wildman–Crippen MR) is 81.3 cm³/mol. The maximum atomic E-state index is 11.4. The van der Waals surface area contributed by atoms with Crippen LogP contribution in [0.4, 0.5) is 5.69 Å². The topological polar surface area (TPSA) is 51.7 Å². The Hall–Kier alpha value is -2.30. The summed E-state index contributed by atoms with van der Waals surface area (Å²) in [6.45, 7) is 1.51. The molecule has 1 aliphatic rings. The monoisotopic (exact) mass is 286 g/mol. The van der Waals surface area contributed by atoms with Gasteiger partial charge >= 0.3 is 0 Å². The van der Waals surface area contributed by atoms with E-state index in [0.29, 0.717) is 30.1 Å². The number of ketones is 1. The molecular weight excluding hydrogens is 268 g/mol. The summed E-state index contributed by atoms with van der Waals surface area (Å²) in [6.07, 6.45) is 3.01. The molecule has 21 heavy (non-hydrogen) atoms. The molecule has 5 nitrogen and oxygen atoms in total. The van der Waals surface area contributed by atoms with E-state index in [0.717, 1.165) is 29.7 Å². The number of hydrogen-bond acceptors (Lipinski definition) is 5. The average molecular weight is 286 g/mol. The summed E-state index contributed by atoms with van der Waals surface area (Å²) < 4.78 is 10.7. The lowest BCUT2D eigenvalue weighted by atomic mass is 10.1.